The summed E-state index contributed by atoms with van der Waals surface area (Å²) >= 11 is 11.8. The highest BCUT2D eigenvalue weighted by molar-refractivity contribution is 6.42. The summed E-state index contributed by atoms with van der Waals surface area (Å²) in [6.07, 6.45) is 0. The average Bonchev–Trinajstić information content (AvgIpc) is 2.38. The van der Waals surface area contributed by atoms with Crippen molar-refractivity contribution in [3.8, 4) is 11.1 Å². The molecule has 18 heavy (non-hydrogen) atoms. The number of hydrogen-bond donors (Lipinski definition) is 0. The van der Waals surface area contributed by atoms with Crippen LogP contribution in [0.25, 0.3) is 11.1 Å². The van der Waals surface area contributed by atoms with Gasteiger partial charge in [-0.1, -0.05) is 49.2 Å². The van der Waals surface area contributed by atoms with Crippen LogP contribution >= 0.6 is 23.2 Å². The number of halogens is 3. The van der Waals surface area contributed by atoms with E-state index in [-0.39, 0.29) is 5.82 Å². The molecule has 0 aliphatic carbocycles. The highest BCUT2D eigenvalue weighted by Gasteiger charge is 2.05. The third-order valence-electron chi connectivity index (χ3n) is 2.43. The first-order valence-corrected chi connectivity index (χ1v) is 6.55. The molecule has 2 rings (SSSR count). The minimum absolute atomic E-state index is 0.258. The SMILES string of the molecule is CC.Cc1ccc(F)cc1-c1ccc(Cl)c(Cl)c1. The molecule has 96 valence electrons. The van der Waals surface area contributed by atoms with Gasteiger partial charge in [0.05, 0.1) is 10.0 Å². The molecule has 0 amide bonds. The Morgan fingerprint density at radius 3 is 2.17 bits per heavy atom. The van der Waals surface area contributed by atoms with Crippen LogP contribution < -0.4 is 0 Å². The molecule has 0 saturated carbocycles. The Morgan fingerprint density at radius 1 is 0.889 bits per heavy atom. The first-order valence-electron chi connectivity index (χ1n) is 5.79. The predicted molar refractivity (Wildman–Crippen MR) is 77.9 cm³/mol. The minimum Gasteiger partial charge on any atom is -0.207 e. The maximum atomic E-state index is 13.2. The van der Waals surface area contributed by atoms with E-state index in [1.807, 2.05) is 26.8 Å². The minimum atomic E-state index is -0.258. The average molecular weight is 285 g/mol. The van der Waals surface area contributed by atoms with Gasteiger partial charge in [0, 0.05) is 0 Å². The zero-order valence-electron chi connectivity index (χ0n) is 10.6. The van der Waals surface area contributed by atoms with E-state index >= 15 is 0 Å². The van der Waals surface area contributed by atoms with Crippen molar-refractivity contribution in [2.75, 3.05) is 0 Å². The van der Waals surface area contributed by atoms with Gasteiger partial charge >= 0.3 is 0 Å². The number of hydrogen-bond acceptors (Lipinski definition) is 0. The molecule has 0 radical (unpaired) electrons. The van der Waals surface area contributed by atoms with E-state index in [1.54, 1.807) is 18.2 Å². The molecule has 0 heterocycles. The monoisotopic (exact) mass is 284 g/mol. The van der Waals surface area contributed by atoms with Crippen molar-refractivity contribution in [3.05, 3.63) is 57.8 Å². The van der Waals surface area contributed by atoms with Crippen molar-refractivity contribution >= 4 is 23.2 Å². The van der Waals surface area contributed by atoms with Gasteiger partial charge in [0.25, 0.3) is 0 Å². The first kappa shape index (κ1) is 15.0. The van der Waals surface area contributed by atoms with E-state index in [1.165, 1.54) is 12.1 Å². The number of benzene rings is 2. The molecule has 2 aromatic rings. The van der Waals surface area contributed by atoms with Crippen LogP contribution in [0, 0.1) is 12.7 Å². The van der Waals surface area contributed by atoms with Gasteiger partial charge in [-0.25, -0.2) is 4.39 Å². The summed E-state index contributed by atoms with van der Waals surface area (Å²) < 4.78 is 13.2. The molecule has 0 N–H and O–H groups in total. The summed E-state index contributed by atoms with van der Waals surface area (Å²) in [4.78, 5) is 0. The van der Waals surface area contributed by atoms with E-state index < -0.39 is 0 Å². The number of rotatable bonds is 1. The van der Waals surface area contributed by atoms with Crippen molar-refractivity contribution in [1.29, 1.82) is 0 Å². The van der Waals surface area contributed by atoms with Gasteiger partial charge in [-0.2, -0.15) is 0 Å². The second-order valence-corrected chi connectivity index (χ2v) is 4.40. The van der Waals surface area contributed by atoms with Gasteiger partial charge in [-0.05, 0) is 47.9 Å². The van der Waals surface area contributed by atoms with Gasteiger partial charge in [-0.15, -0.1) is 0 Å². The van der Waals surface area contributed by atoms with Gasteiger partial charge in [-0.3, -0.25) is 0 Å². The Balaban J connectivity index is 0.000000771. The summed E-state index contributed by atoms with van der Waals surface area (Å²) in [6, 6.07) is 9.96. The van der Waals surface area contributed by atoms with Gasteiger partial charge in [0.2, 0.25) is 0 Å². The largest absolute Gasteiger partial charge is 0.207 e. The van der Waals surface area contributed by atoms with Crippen LogP contribution in [0.3, 0.4) is 0 Å². The van der Waals surface area contributed by atoms with Crippen LogP contribution in [0.15, 0.2) is 36.4 Å². The van der Waals surface area contributed by atoms with Crippen molar-refractivity contribution in [2.24, 2.45) is 0 Å². The molecular formula is C15H15Cl2F. The van der Waals surface area contributed by atoms with Crippen LogP contribution in [0.4, 0.5) is 4.39 Å². The van der Waals surface area contributed by atoms with E-state index in [9.17, 15) is 4.39 Å². The lowest BCUT2D eigenvalue weighted by atomic mass is 10.0. The molecule has 0 atom stereocenters. The standard InChI is InChI=1S/C13H9Cl2F.C2H6/c1-8-2-4-10(16)7-11(8)9-3-5-12(14)13(15)6-9;1-2/h2-7H,1H3;1-2H3. The lowest BCUT2D eigenvalue weighted by molar-refractivity contribution is 0.628. The highest BCUT2D eigenvalue weighted by Crippen LogP contribution is 2.30. The van der Waals surface area contributed by atoms with Crippen LogP contribution in [0.1, 0.15) is 19.4 Å². The van der Waals surface area contributed by atoms with Crippen molar-refractivity contribution < 1.29 is 4.39 Å². The molecule has 0 fully saturated rings. The Kier molecular flexibility index (Phi) is 5.64. The quantitative estimate of drug-likeness (QED) is 0.590. The fourth-order valence-electron chi connectivity index (χ4n) is 1.57. The molecule has 0 bridgehead atoms. The smallest absolute Gasteiger partial charge is 0.123 e. The fourth-order valence-corrected chi connectivity index (χ4v) is 1.87. The molecule has 0 aliphatic heterocycles. The van der Waals surface area contributed by atoms with Crippen molar-refractivity contribution in [3.63, 3.8) is 0 Å². The van der Waals surface area contributed by atoms with Crippen LogP contribution in [0.5, 0.6) is 0 Å². The summed E-state index contributed by atoms with van der Waals surface area (Å²) in [6.45, 7) is 5.93. The summed E-state index contributed by atoms with van der Waals surface area (Å²) in [5.41, 5.74) is 2.70. The molecule has 2 aromatic carbocycles. The van der Waals surface area contributed by atoms with E-state index in [4.69, 9.17) is 23.2 Å². The predicted octanol–water partition coefficient (Wildman–Crippen LogP) is 6.13. The third kappa shape index (κ3) is 3.47. The van der Waals surface area contributed by atoms with E-state index in [2.05, 4.69) is 0 Å². The lowest BCUT2D eigenvalue weighted by Gasteiger charge is -2.07. The topological polar surface area (TPSA) is 0 Å². The normalized spacial score (nSPS) is 9.67. The second-order valence-electron chi connectivity index (χ2n) is 3.59. The summed E-state index contributed by atoms with van der Waals surface area (Å²) in [5.74, 6) is -0.258. The van der Waals surface area contributed by atoms with Gasteiger partial charge in [0.1, 0.15) is 5.82 Å². The van der Waals surface area contributed by atoms with Crippen molar-refractivity contribution in [1.82, 2.24) is 0 Å². The van der Waals surface area contributed by atoms with Crippen LogP contribution in [-0.4, -0.2) is 0 Å². The zero-order valence-corrected chi connectivity index (χ0v) is 12.1. The van der Waals surface area contributed by atoms with Crippen molar-refractivity contribution in [2.45, 2.75) is 20.8 Å². The van der Waals surface area contributed by atoms with Crippen LogP contribution in [0.2, 0.25) is 10.0 Å². The molecule has 0 aliphatic rings. The molecule has 3 heteroatoms. The zero-order chi connectivity index (χ0) is 13.7. The lowest BCUT2D eigenvalue weighted by Crippen LogP contribution is -1.85. The number of aryl methyl sites for hydroxylation is 1. The van der Waals surface area contributed by atoms with Gasteiger partial charge in [0.15, 0.2) is 0 Å². The highest BCUT2D eigenvalue weighted by atomic mass is 35.5. The molecule has 0 unspecified atom stereocenters. The van der Waals surface area contributed by atoms with Crippen LogP contribution in [-0.2, 0) is 0 Å². The van der Waals surface area contributed by atoms with E-state index in [0.717, 1.165) is 16.7 Å². The summed E-state index contributed by atoms with van der Waals surface area (Å²) in [7, 11) is 0. The third-order valence-corrected chi connectivity index (χ3v) is 3.17. The molecule has 0 spiro atoms. The maximum absolute atomic E-state index is 13.2. The fraction of sp³-hybridized carbons (Fsp3) is 0.200. The Hall–Kier alpha value is -1.05. The summed E-state index contributed by atoms with van der Waals surface area (Å²) in [5, 5.41) is 0.974. The van der Waals surface area contributed by atoms with E-state index in [0.29, 0.717) is 10.0 Å². The molecule has 0 nitrogen and oxygen atoms in total. The molecular weight excluding hydrogens is 270 g/mol. The maximum Gasteiger partial charge on any atom is 0.123 e. The Bertz CT molecular complexity index is 536. The Labute approximate surface area is 117 Å². The van der Waals surface area contributed by atoms with Gasteiger partial charge < -0.3 is 0 Å². The second kappa shape index (κ2) is 6.77. The molecule has 0 aromatic heterocycles. The Morgan fingerprint density at radius 2 is 1.56 bits per heavy atom. The first-order chi connectivity index (χ1) is 8.58. The molecule has 0 saturated heterocycles.